The van der Waals surface area contributed by atoms with Crippen LogP contribution in [0.2, 0.25) is 0 Å². The van der Waals surface area contributed by atoms with E-state index in [-0.39, 0.29) is 17.9 Å². The molecule has 26 heavy (non-hydrogen) atoms. The Morgan fingerprint density at radius 3 is 2.35 bits per heavy atom. The van der Waals surface area contributed by atoms with Crippen molar-refractivity contribution in [2.45, 2.75) is 45.1 Å². The van der Waals surface area contributed by atoms with Crippen LogP contribution in [-0.4, -0.2) is 60.4 Å². The highest BCUT2D eigenvalue weighted by atomic mass is 16.2. The normalized spacial score (nSPS) is 20.1. The van der Waals surface area contributed by atoms with Crippen LogP contribution in [0.1, 0.15) is 38.2 Å². The lowest BCUT2D eigenvalue weighted by Gasteiger charge is -2.40. The van der Waals surface area contributed by atoms with Gasteiger partial charge in [-0.2, -0.15) is 0 Å². The van der Waals surface area contributed by atoms with E-state index in [1.54, 1.807) is 6.92 Å². The molecule has 1 aliphatic carbocycles. The quantitative estimate of drug-likeness (QED) is 0.848. The zero-order valence-electron chi connectivity index (χ0n) is 15.8. The molecular formula is C21H31N3O2. The Hall–Kier alpha value is -1.88. The molecule has 2 amide bonds. The van der Waals surface area contributed by atoms with Crippen LogP contribution in [0.3, 0.4) is 0 Å². The van der Waals surface area contributed by atoms with Gasteiger partial charge in [-0.1, -0.05) is 43.2 Å². The van der Waals surface area contributed by atoms with Crippen molar-refractivity contribution in [2.75, 3.05) is 32.7 Å². The van der Waals surface area contributed by atoms with Crippen molar-refractivity contribution in [3.63, 3.8) is 0 Å². The van der Waals surface area contributed by atoms with Gasteiger partial charge in [-0.25, -0.2) is 0 Å². The molecule has 0 radical (unpaired) electrons. The number of carbonyl (C=O) groups is 2. The number of rotatable bonds is 6. The fourth-order valence-corrected chi connectivity index (χ4v) is 4.35. The molecule has 0 aromatic heterocycles. The van der Waals surface area contributed by atoms with Gasteiger partial charge in [0.25, 0.3) is 0 Å². The molecule has 1 unspecified atom stereocenters. The Kier molecular flexibility index (Phi) is 6.67. The fourth-order valence-electron chi connectivity index (χ4n) is 4.35. The second-order valence-electron chi connectivity index (χ2n) is 7.56. The van der Waals surface area contributed by atoms with Gasteiger partial charge in [-0.05, 0) is 30.7 Å². The molecule has 1 heterocycles. The molecule has 1 saturated carbocycles. The first kappa shape index (κ1) is 18.9. The number of benzene rings is 1. The highest BCUT2D eigenvalue weighted by Gasteiger charge is 2.36. The van der Waals surface area contributed by atoms with Gasteiger partial charge in [-0.3, -0.25) is 14.5 Å². The van der Waals surface area contributed by atoms with E-state index in [0.29, 0.717) is 12.5 Å². The van der Waals surface area contributed by atoms with E-state index in [1.807, 2.05) is 23.1 Å². The summed E-state index contributed by atoms with van der Waals surface area (Å²) in [6.45, 7) is 5.37. The standard InChI is InChI=1S/C21H31N3O2/c1-17(25)23-13-15-24(16-14-23)20(19-9-5-6-10-19)21(26)22-12-11-18-7-3-2-4-8-18/h2-4,7-8,19-20H,5-6,9-16H2,1H3,(H,22,26). The van der Waals surface area contributed by atoms with Gasteiger partial charge < -0.3 is 10.2 Å². The van der Waals surface area contributed by atoms with E-state index in [0.717, 1.165) is 45.4 Å². The number of hydrogen-bond donors (Lipinski definition) is 1. The smallest absolute Gasteiger partial charge is 0.237 e. The first-order chi connectivity index (χ1) is 12.6. The SMILES string of the molecule is CC(=O)N1CCN(C(C(=O)NCCc2ccccc2)C2CCCC2)CC1. The molecule has 5 nitrogen and oxygen atoms in total. The van der Waals surface area contributed by atoms with E-state index >= 15 is 0 Å². The molecule has 1 aliphatic heterocycles. The highest BCUT2D eigenvalue weighted by Crippen LogP contribution is 2.31. The molecule has 2 aliphatic rings. The lowest BCUT2D eigenvalue weighted by molar-refractivity contribution is -0.133. The summed E-state index contributed by atoms with van der Waals surface area (Å²) < 4.78 is 0. The number of amides is 2. The zero-order valence-corrected chi connectivity index (χ0v) is 15.8. The van der Waals surface area contributed by atoms with Gasteiger partial charge in [0.2, 0.25) is 11.8 Å². The summed E-state index contributed by atoms with van der Waals surface area (Å²) in [6.07, 6.45) is 5.60. The van der Waals surface area contributed by atoms with Crippen LogP contribution in [0.5, 0.6) is 0 Å². The summed E-state index contributed by atoms with van der Waals surface area (Å²) in [6, 6.07) is 10.2. The Balaban J connectivity index is 1.57. The van der Waals surface area contributed by atoms with Crippen molar-refractivity contribution in [1.82, 2.24) is 15.1 Å². The largest absolute Gasteiger partial charge is 0.354 e. The molecule has 142 valence electrons. The number of hydrogen-bond acceptors (Lipinski definition) is 3. The minimum atomic E-state index is -0.0395. The minimum absolute atomic E-state index is 0.0395. The first-order valence-electron chi connectivity index (χ1n) is 9.96. The Labute approximate surface area is 156 Å². The summed E-state index contributed by atoms with van der Waals surface area (Å²) in [4.78, 5) is 28.8. The second-order valence-corrected chi connectivity index (χ2v) is 7.56. The summed E-state index contributed by atoms with van der Waals surface area (Å²) in [5, 5.41) is 3.18. The third-order valence-corrected chi connectivity index (χ3v) is 5.82. The lowest BCUT2D eigenvalue weighted by atomic mass is 9.95. The maximum atomic E-state index is 13.0. The van der Waals surface area contributed by atoms with Crippen LogP contribution < -0.4 is 5.32 Å². The maximum Gasteiger partial charge on any atom is 0.237 e. The Morgan fingerprint density at radius 2 is 1.73 bits per heavy atom. The summed E-state index contributed by atoms with van der Waals surface area (Å²) in [5.41, 5.74) is 1.25. The average molecular weight is 357 g/mol. The van der Waals surface area contributed by atoms with Crippen LogP contribution in [0.25, 0.3) is 0 Å². The molecular weight excluding hydrogens is 326 g/mol. The van der Waals surface area contributed by atoms with Gasteiger partial charge in [-0.15, -0.1) is 0 Å². The average Bonchev–Trinajstić information content (AvgIpc) is 3.17. The van der Waals surface area contributed by atoms with Gasteiger partial charge >= 0.3 is 0 Å². The molecule has 1 saturated heterocycles. The van der Waals surface area contributed by atoms with Gasteiger partial charge in [0.05, 0.1) is 6.04 Å². The molecule has 1 atom stereocenters. The molecule has 5 heteroatoms. The topological polar surface area (TPSA) is 52.7 Å². The molecule has 1 aromatic rings. The predicted octanol–water partition coefficient (Wildman–Crippen LogP) is 2.07. The van der Waals surface area contributed by atoms with E-state index < -0.39 is 0 Å². The lowest BCUT2D eigenvalue weighted by Crippen LogP contribution is -2.57. The second kappa shape index (κ2) is 9.17. The van der Waals surface area contributed by atoms with E-state index in [9.17, 15) is 9.59 Å². The first-order valence-corrected chi connectivity index (χ1v) is 9.96. The molecule has 3 rings (SSSR count). The van der Waals surface area contributed by atoms with Crippen LogP contribution >= 0.6 is 0 Å². The molecule has 2 fully saturated rings. The van der Waals surface area contributed by atoms with E-state index in [1.165, 1.54) is 18.4 Å². The molecule has 1 aromatic carbocycles. The fraction of sp³-hybridized carbons (Fsp3) is 0.619. The van der Waals surface area contributed by atoms with Crippen molar-refractivity contribution in [3.05, 3.63) is 35.9 Å². The van der Waals surface area contributed by atoms with Crippen molar-refractivity contribution in [2.24, 2.45) is 5.92 Å². The Morgan fingerprint density at radius 1 is 1.08 bits per heavy atom. The molecule has 0 bridgehead atoms. The minimum Gasteiger partial charge on any atom is -0.354 e. The number of nitrogens with one attached hydrogen (secondary N) is 1. The molecule has 1 N–H and O–H groups in total. The number of piperazine rings is 1. The maximum absolute atomic E-state index is 13.0. The van der Waals surface area contributed by atoms with Crippen LogP contribution in [0.15, 0.2) is 30.3 Å². The summed E-state index contributed by atoms with van der Waals surface area (Å²) in [7, 11) is 0. The summed E-state index contributed by atoms with van der Waals surface area (Å²) >= 11 is 0. The van der Waals surface area contributed by atoms with Crippen LogP contribution in [-0.2, 0) is 16.0 Å². The van der Waals surface area contributed by atoms with E-state index in [4.69, 9.17) is 0 Å². The van der Waals surface area contributed by atoms with Crippen LogP contribution in [0.4, 0.5) is 0 Å². The monoisotopic (exact) mass is 357 g/mol. The Bertz CT molecular complexity index is 591. The number of carbonyl (C=O) groups excluding carboxylic acids is 2. The predicted molar refractivity (Wildman–Crippen MR) is 103 cm³/mol. The van der Waals surface area contributed by atoms with Crippen molar-refractivity contribution >= 4 is 11.8 Å². The highest BCUT2D eigenvalue weighted by molar-refractivity contribution is 5.82. The van der Waals surface area contributed by atoms with Gasteiger partial charge in [0.15, 0.2) is 0 Å². The van der Waals surface area contributed by atoms with Crippen molar-refractivity contribution in [1.29, 1.82) is 0 Å². The third-order valence-electron chi connectivity index (χ3n) is 5.82. The molecule has 0 spiro atoms. The van der Waals surface area contributed by atoms with E-state index in [2.05, 4.69) is 22.3 Å². The van der Waals surface area contributed by atoms with Gasteiger partial charge in [0.1, 0.15) is 0 Å². The van der Waals surface area contributed by atoms with Crippen molar-refractivity contribution < 1.29 is 9.59 Å². The van der Waals surface area contributed by atoms with Gasteiger partial charge in [0, 0.05) is 39.6 Å². The van der Waals surface area contributed by atoms with Crippen LogP contribution in [0, 0.1) is 5.92 Å². The zero-order chi connectivity index (χ0) is 18.4. The summed E-state index contributed by atoms with van der Waals surface area (Å²) in [5.74, 6) is 0.758. The number of nitrogens with zero attached hydrogens (tertiary/aromatic N) is 2. The van der Waals surface area contributed by atoms with Crippen molar-refractivity contribution in [3.8, 4) is 0 Å². The third kappa shape index (κ3) is 4.85.